The average Bonchev–Trinajstić information content (AvgIpc) is 1.96. The van der Waals surface area contributed by atoms with Crippen molar-refractivity contribution >= 4 is 0 Å². The molecule has 0 aromatic carbocycles. The Morgan fingerprint density at radius 2 is 1.67 bits per heavy atom. The molecule has 0 aliphatic carbocycles. The Balaban J connectivity index is 3.71. The summed E-state index contributed by atoms with van der Waals surface area (Å²) in [5.74, 6) is 2.08. The number of hydrogen-bond acceptors (Lipinski definition) is 1. The van der Waals surface area contributed by atoms with Gasteiger partial charge in [0.15, 0.2) is 0 Å². The van der Waals surface area contributed by atoms with Crippen LogP contribution in [0, 0.1) is 17.8 Å². The molecule has 0 unspecified atom stereocenters. The molecule has 0 aliphatic heterocycles. The van der Waals surface area contributed by atoms with Crippen molar-refractivity contribution < 1.29 is 4.74 Å². The molecule has 0 aliphatic rings. The predicted octanol–water partition coefficient (Wildman–Crippen LogP) is 3.12. The van der Waals surface area contributed by atoms with Gasteiger partial charge in [-0.15, -0.1) is 6.58 Å². The van der Waals surface area contributed by atoms with Gasteiger partial charge in [-0.25, -0.2) is 0 Å². The summed E-state index contributed by atoms with van der Waals surface area (Å²) in [5, 5.41) is 0. The van der Waals surface area contributed by atoms with Crippen LogP contribution in [0.15, 0.2) is 12.7 Å². The predicted molar refractivity (Wildman–Crippen MR) is 54.2 cm³/mol. The second kappa shape index (κ2) is 6.24. The fourth-order valence-corrected chi connectivity index (χ4v) is 1.44. The van der Waals surface area contributed by atoms with Crippen molar-refractivity contribution in [1.29, 1.82) is 0 Å². The molecule has 0 spiro atoms. The topological polar surface area (TPSA) is 9.23 Å². The van der Waals surface area contributed by atoms with Crippen molar-refractivity contribution in [2.75, 3.05) is 13.2 Å². The molecule has 0 atom stereocenters. The first-order chi connectivity index (χ1) is 5.59. The molecule has 0 fully saturated rings. The third-order valence-electron chi connectivity index (χ3n) is 2.26. The number of rotatable bonds is 6. The molecule has 12 heavy (non-hydrogen) atoms. The first-order valence-electron chi connectivity index (χ1n) is 4.78. The van der Waals surface area contributed by atoms with Gasteiger partial charge in [-0.1, -0.05) is 33.8 Å². The van der Waals surface area contributed by atoms with E-state index in [1.165, 1.54) is 0 Å². The molecule has 0 N–H and O–H groups in total. The quantitative estimate of drug-likeness (QED) is 0.439. The zero-order valence-corrected chi connectivity index (χ0v) is 8.84. The minimum atomic E-state index is 0.671. The van der Waals surface area contributed by atoms with Gasteiger partial charge in [0.1, 0.15) is 0 Å². The first kappa shape index (κ1) is 11.7. The van der Waals surface area contributed by atoms with Crippen LogP contribution in [0.5, 0.6) is 0 Å². The lowest BCUT2D eigenvalue weighted by atomic mass is 9.86. The van der Waals surface area contributed by atoms with Crippen molar-refractivity contribution in [3.8, 4) is 0 Å². The molecular formula is C11H22O. The standard InChI is InChI=1S/C11H22O/c1-6-7-12-8-11(9(2)3)10(4)5/h6,9-11H,1,7-8H2,2-5H3. The van der Waals surface area contributed by atoms with Gasteiger partial charge < -0.3 is 4.74 Å². The molecular weight excluding hydrogens is 148 g/mol. The van der Waals surface area contributed by atoms with Crippen LogP contribution in [0.4, 0.5) is 0 Å². The molecule has 0 radical (unpaired) electrons. The van der Waals surface area contributed by atoms with E-state index in [0.29, 0.717) is 24.4 Å². The maximum atomic E-state index is 5.45. The van der Waals surface area contributed by atoms with E-state index in [-0.39, 0.29) is 0 Å². The third-order valence-corrected chi connectivity index (χ3v) is 2.26. The lowest BCUT2D eigenvalue weighted by Gasteiger charge is -2.24. The first-order valence-corrected chi connectivity index (χ1v) is 4.78. The van der Waals surface area contributed by atoms with E-state index in [1.807, 2.05) is 0 Å². The number of ether oxygens (including phenoxy) is 1. The summed E-state index contributed by atoms with van der Waals surface area (Å²) in [4.78, 5) is 0. The van der Waals surface area contributed by atoms with Crippen molar-refractivity contribution in [2.45, 2.75) is 27.7 Å². The van der Waals surface area contributed by atoms with Crippen LogP contribution in [0.2, 0.25) is 0 Å². The maximum Gasteiger partial charge on any atom is 0.0644 e. The molecule has 1 heteroatoms. The fraction of sp³-hybridized carbons (Fsp3) is 0.818. The highest BCUT2D eigenvalue weighted by atomic mass is 16.5. The van der Waals surface area contributed by atoms with Crippen LogP contribution in [0.3, 0.4) is 0 Å². The van der Waals surface area contributed by atoms with Gasteiger partial charge in [-0.05, 0) is 17.8 Å². The number of hydrogen-bond donors (Lipinski definition) is 0. The molecule has 0 saturated heterocycles. The van der Waals surface area contributed by atoms with E-state index in [9.17, 15) is 0 Å². The van der Waals surface area contributed by atoms with Gasteiger partial charge in [-0.3, -0.25) is 0 Å². The molecule has 0 amide bonds. The van der Waals surface area contributed by atoms with E-state index < -0.39 is 0 Å². The van der Waals surface area contributed by atoms with E-state index in [2.05, 4.69) is 34.3 Å². The fourth-order valence-electron chi connectivity index (χ4n) is 1.44. The Bertz CT molecular complexity index is 108. The summed E-state index contributed by atoms with van der Waals surface area (Å²) in [7, 11) is 0. The summed E-state index contributed by atoms with van der Waals surface area (Å²) in [6.07, 6.45) is 1.80. The van der Waals surface area contributed by atoms with Gasteiger partial charge in [0.25, 0.3) is 0 Å². The van der Waals surface area contributed by atoms with E-state index >= 15 is 0 Å². The Kier molecular flexibility index (Phi) is 6.09. The van der Waals surface area contributed by atoms with Crippen LogP contribution in [0.25, 0.3) is 0 Å². The Morgan fingerprint density at radius 3 is 2.00 bits per heavy atom. The summed E-state index contributed by atoms with van der Waals surface area (Å²) >= 11 is 0. The van der Waals surface area contributed by atoms with Gasteiger partial charge in [0, 0.05) is 0 Å². The molecule has 0 aromatic rings. The monoisotopic (exact) mass is 170 g/mol. The smallest absolute Gasteiger partial charge is 0.0644 e. The van der Waals surface area contributed by atoms with Crippen LogP contribution in [-0.4, -0.2) is 13.2 Å². The summed E-state index contributed by atoms with van der Waals surface area (Å²) in [6, 6.07) is 0. The second-order valence-corrected chi connectivity index (χ2v) is 3.98. The van der Waals surface area contributed by atoms with Crippen molar-refractivity contribution in [3.63, 3.8) is 0 Å². The van der Waals surface area contributed by atoms with E-state index in [4.69, 9.17) is 4.74 Å². The highest BCUT2D eigenvalue weighted by Gasteiger charge is 2.16. The average molecular weight is 170 g/mol. The molecule has 72 valence electrons. The van der Waals surface area contributed by atoms with Crippen molar-refractivity contribution in [3.05, 3.63) is 12.7 Å². The maximum absolute atomic E-state index is 5.45. The van der Waals surface area contributed by atoms with Gasteiger partial charge in [0.2, 0.25) is 0 Å². The molecule has 0 bridgehead atoms. The molecule has 0 aromatic heterocycles. The zero-order chi connectivity index (χ0) is 9.56. The summed E-state index contributed by atoms with van der Waals surface area (Å²) in [6.45, 7) is 14.2. The Hall–Kier alpha value is -0.300. The molecule has 0 rings (SSSR count). The highest BCUT2D eigenvalue weighted by Crippen LogP contribution is 2.20. The Morgan fingerprint density at radius 1 is 1.17 bits per heavy atom. The third kappa shape index (κ3) is 4.55. The van der Waals surface area contributed by atoms with Crippen molar-refractivity contribution in [1.82, 2.24) is 0 Å². The summed E-state index contributed by atoms with van der Waals surface area (Å²) < 4.78 is 5.45. The highest BCUT2D eigenvalue weighted by molar-refractivity contribution is 4.68. The largest absolute Gasteiger partial charge is 0.377 e. The van der Waals surface area contributed by atoms with Crippen molar-refractivity contribution in [2.24, 2.45) is 17.8 Å². The van der Waals surface area contributed by atoms with Crippen LogP contribution in [-0.2, 0) is 4.74 Å². The van der Waals surface area contributed by atoms with E-state index in [0.717, 1.165) is 6.61 Å². The zero-order valence-electron chi connectivity index (χ0n) is 8.84. The van der Waals surface area contributed by atoms with Gasteiger partial charge in [0.05, 0.1) is 13.2 Å². The second-order valence-electron chi connectivity index (χ2n) is 3.98. The minimum absolute atomic E-state index is 0.671. The molecule has 0 saturated carbocycles. The van der Waals surface area contributed by atoms with Gasteiger partial charge in [-0.2, -0.15) is 0 Å². The molecule has 1 nitrogen and oxygen atoms in total. The molecule has 0 heterocycles. The van der Waals surface area contributed by atoms with E-state index in [1.54, 1.807) is 6.08 Å². The summed E-state index contributed by atoms with van der Waals surface area (Å²) in [5.41, 5.74) is 0. The minimum Gasteiger partial charge on any atom is -0.377 e. The van der Waals surface area contributed by atoms with Crippen LogP contribution >= 0.6 is 0 Å². The van der Waals surface area contributed by atoms with Crippen LogP contribution < -0.4 is 0 Å². The SMILES string of the molecule is C=CCOCC(C(C)C)C(C)C. The Labute approximate surface area is 76.8 Å². The lowest BCUT2D eigenvalue weighted by molar-refractivity contribution is 0.0808. The normalized spacial score (nSPS) is 11.6. The van der Waals surface area contributed by atoms with Crippen LogP contribution in [0.1, 0.15) is 27.7 Å². The van der Waals surface area contributed by atoms with Gasteiger partial charge >= 0.3 is 0 Å². The lowest BCUT2D eigenvalue weighted by Crippen LogP contribution is -2.21.